The molecule has 0 aliphatic carbocycles. The van der Waals surface area contributed by atoms with Crippen LogP contribution in [0.25, 0.3) is 11.5 Å². The van der Waals surface area contributed by atoms with Gasteiger partial charge >= 0.3 is 0 Å². The molecule has 0 fully saturated rings. The zero-order valence-electron chi connectivity index (χ0n) is 10.3. The predicted octanol–water partition coefficient (Wildman–Crippen LogP) is 3.08. The largest absolute Gasteiger partial charge is 0.505 e. The second kappa shape index (κ2) is 5.30. The molecule has 2 aromatic heterocycles. The number of halogens is 1. The van der Waals surface area contributed by atoms with Crippen LogP contribution in [0, 0.1) is 0 Å². The summed E-state index contributed by atoms with van der Waals surface area (Å²) in [5.41, 5.74) is 1.45. The topological polar surface area (TPSA) is 72.0 Å². The molecule has 0 saturated heterocycles. The minimum atomic E-state index is 0.00505. The van der Waals surface area contributed by atoms with Crippen molar-refractivity contribution < 1.29 is 9.63 Å². The molecule has 0 saturated carbocycles. The Morgan fingerprint density at radius 1 is 1.25 bits per heavy atom. The summed E-state index contributed by atoms with van der Waals surface area (Å²) in [6, 6.07) is 9.08. The molecule has 2 heterocycles. The van der Waals surface area contributed by atoms with E-state index in [1.165, 1.54) is 6.20 Å². The van der Waals surface area contributed by atoms with Crippen molar-refractivity contribution >= 4 is 11.6 Å². The van der Waals surface area contributed by atoms with Crippen molar-refractivity contribution in [1.82, 2.24) is 15.1 Å². The molecular weight excluding hydrogens is 278 g/mol. The molecular formula is C14H10ClN3O2. The quantitative estimate of drug-likeness (QED) is 0.801. The zero-order chi connectivity index (χ0) is 13.9. The lowest BCUT2D eigenvalue weighted by molar-refractivity contribution is 0.418. The lowest BCUT2D eigenvalue weighted by atomic mass is 10.1. The second-order valence-corrected chi connectivity index (χ2v) is 4.65. The highest BCUT2D eigenvalue weighted by Gasteiger charge is 2.12. The standard InChI is InChI=1S/C14H10ClN3O2/c15-10-3-1-2-9(6-10)7-13-17-14(20-18-13)11-4-5-16-8-12(11)19/h1-6,8,19H,7H2. The Labute approximate surface area is 119 Å². The molecule has 0 bridgehead atoms. The Bertz CT molecular complexity index is 743. The molecule has 6 heteroatoms. The molecule has 1 N–H and O–H groups in total. The van der Waals surface area contributed by atoms with Crippen molar-refractivity contribution in [3.05, 3.63) is 59.1 Å². The van der Waals surface area contributed by atoms with E-state index in [0.717, 1.165) is 5.56 Å². The number of hydrogen-bond donors (Lipinski definition) is 1. The summed E-state index contributed by atoms with van der Waals surface area (Å²) < 4.78 is 5.15. The molecule has 5 nitrogen and oxygen atoms in total. The van der Waals surface area contributed by atoms with E-state index < -0.39 is 0 Å². The van der Waals surface area contributed by atoms with E-state index in [0.29, 0.717) is 22.8 Å². The van der Waals surface area contributed by atoms with Crippen LogP contribution in [0.5, 0.6) is 5.75 Å². The molecule has 0 atom stereocenters. The highest BCUT2D eigenvalue weighted by Crippen LogP contribution is 2.26. The lowest BCUT2D eigenvalue weighted by Gasteiger charge is -1.97. The summed E-state index contributed by atoms with van der Waals surface area (Å²) in [5.74, 6) is 0.797. The lowest BCUT2D eigenvalue weighted by Crippen LogP contribution is -1.90. The SMILES string of the molecule is Oc1cnccc1-c1nc(Cc2cccc(Cl)c2)no1. The third-order valence-corrected chi connectivity index (χ3v) is 2.98. The van der Waals surface area contributed by atoms with Crippen LogP contribution < -0.4 is 0 Å². The minimum absolute atomic E-state index is 0.00505. The van der Waals surface area contributed by atoms with E-state index in [4.69, 9.17) is 16.1 Å². The maximum atomic E-state index is 9.69. The van der Waals surface area contributed by atoms with E-state index in [1.807, 2.05) is 24.3 Å². The molecule has 20 heavy (non-hydrogen) atoms. The Hall–Kier alpha value is -2.40. The summed E-state index contributed by atoms with van der Waals surface area (Å²) in [7, 11) is 0. The first-order valence-corrected chi connectivity index (χ1v) is 6.30. The Kier molecular flexibility index (Phi) is 3.35. The predicted molar refractivity (Wildman–Crippen MR) is 73.5 cm³/mol. The number of rotatable bonds is 3. The highest BCUT2D eigenvalue weighted by atomic mass is 35.5. The summed E-state index contributed by atoms with van der Waals surface area (Å²) in [6.45, 7) is 0. The van der Waals surface area contributed by atoms with Crippen LogP contribution in [0.1, 0.15) is 11.4 Å². The molecule has 0 amide bonds. The average molecular weight is 288 g/mol. The van der Waals surface area contributed by atoms with Crippen molar-refractivity contribution in [2.45, 2.75) is 6.42 Å². The monoisotopic (exact) mass is 287 g/mol. The summed E-state index contributed by atoms with van der Waals surface area (Å²) in [6.07, 6.45) is 3.39. The van der Waals surface area contributed by atoms with E-state index in [9.17, 15) is 5.11 Å². The second-order valence-electron chi connectivity index (χ2n) is 4.22. The number of hydrogen-bond acceptors (Lipinski definition) is 5. The van der Waals surface area contributed by atoms with E-state index in [1.54, 1.807) is 12.3 Å². The Morgan fingerprint density at radius 2 is 2.15 bits per heavy atom. The highest BCUT2D eigenvalue weighted by molar-refractivity contribution is 6.30. The summed E-state index contributed by atoms with van der Waals surface area (Å²) >= 11 is 5.93. The van der Waals surface area contributed by atoms with Gasteiger partial charge in [-0.2, -0.15) is 4.98 Å². The molecule has 3 rings (SSSR count). The van der Waals surface area contributed by atoms with Gasteiger partial charge in [-0.25, -0.2) is 0 Å². The maximum Gasteiger partial charge on any atom is 0.261 e. The smallest absolute Gasteiger partial charge is 0.261 e. The van der Waals surface area contributed by atoms with Gasteiger partial charge < -0.3 is 9.63 Å². The average Bonchev–Trinajstić information content (AvgIpc) is 2.87. The molecule has 0 unspecified atom stereocenters. The molecule has 3 aromatic rings. The van der Waals surface area contributed by atoms with Gasteiger partial charge in [-0.05, 0) is 23.8 Å². The van der Waals surface area contributed by atoms with Crippen molar-refractivity contribution in [2.24, 2.45) is 0 Å². The summed E-state index contributed by atoms with van der Waals surface area (Å²) in [4.78, 5) is 8.06. The summed E-state index contributed by atoms with van der Waals surface area (Å²) in [5, 5.41) is 14.3. The number of pyridine rings is 1. The van der Waals surface area contributed by atoms with E-state index in [-0.39, 0.29) is 11.6 Å². The van der Waals surface area contributed by atoms with Gasteiger partial charge in [0.15, 0.2) is 5.82 Å². The molecule has 100 valence electrons. The van der Waals surface area contributed by atoms with Gasteiger partial charge in [-0.15, -0.1) is 0 Å². The minimum Gasteiger partial charge on any atom is -0.505 e. The Balaban J connectivity index is 1.86. The maximum absolute atomic E-state index is 9.69. The van der Waals surface area contributed by atoms with E-state index >= 15 is 0 Å². The first kappa shape index (κ1) is 12.6. The number of benzene rings is 1. The van der Waals surface area contributed by atoms with Crippen molar-refractivity contribution in [1.29, 1.82) is 0 Å². The van der Waals surface area contributed by atoms with Crippen LogP contribution in [0.2, 0.25) is 5.02 Å². The van der Waals surface area contributed by atoms with Gasteiger partial charge in [-0.1, -0.05) is 28.9 Å². The fourth-order valence-electron chi connectivity index (χ4n) is 1.83. The first-order chi connectivity index (χ1) is 9.72. The van der Waals surface area contributed by atoms with E-state index in [2.05, 4.69) is 15.1 Å². The van der Waals surface area contributed by atoms with Crippen LogP contribution in [0.4, 0.5) is 0 Å². The Morgan fingerprint density at radius 3 is 2.95 bits per heavy atom. The molecule has 0 spiro atoms. The molecule has 0 radical (unpaired) electrons. The van der Waals surface area contributed by atoms with Crippen molar-refractivity contribution in [2.75, 3.05) is 0 Å². The van der Waals surface area contributed by atoms with Crippen LogP contribution in [-0.4, -0.2) is 20.2 Å². The third kappa shape index (κ3) is 2.62. The normalized spacial score (nSPS) is 10.7. The van der Waals surface area contributed by atoms with Gasteiger partial charge in [-0.3, -0.25) is 4.98 Å². The third-order valence-electron chi connectivity index (χ3n) is 2.75. The number of aromatic hydroxyl groups is 1. The van der Waals surface area contributed by atoms with Gasteiger partial charge in [0.1, 0.15) is 5.75 Å². The van der Waals surface area contributed by atoms with Crippen LogP contribution >= 0.6 is 11.6 Å². The fourth-order valence-corrected chi connectivity index (χ4v) is 2.04. The van der Waals surface area contributed by atoms with Gasteiger partial charge in [0, 0.05) is 17.6 Å². The zero-order valence-corrected chi connectivity index (χ0v) is 11.1. The number of nitrogens with zero attached hydrogens (tertiary/aromatic N) is 3. The molecule has 0 aliphatic rings. The van der Waals surface area contributed by atoms with Crippen LogP contribution in [-0.2, 0) is 6.42 Å². The van der Waals surface area contributed by atoms with Gasteiger partial charge in [0.2, 0.25) is 0 Å². The van der Waals surface area contributed by atoms with Gasteiger partial charge in [0.25, 0.3) is 5.89 Å². The van der Waals surface area contributed by atoms with Crippen molar-refractivity contribution in [3.8, 4) is 17.2 Å². The molecule has 0 aliphatic heterocycles. The van der Waals surface area contributed by atoms with Gasteiger partial charge in [0.05, 0.1) is 11.8 Å². The number of aromatic nitrogens is 3. The first-order valence-electron chi connectivity index (χ1n) is 5.93. The van der Waals surface area contributed by atoms with Crippen LogP contribution in [0.15, 0.2) is 47.2 Å². The molecule has 1 aromatic carbocycles. The van der Waals surface area contributed by atoms with Crippen molar-refractivity contribution in [3.63, 3.8) is 0 Å². The fraction of sp³-hybridized carbons (Fsp3) is 0.0714. The van der Waals surface area contributed by atoms with Crippen LogP contribution in [0.3, 0.4) is 0 Å².